The zero-order valence-electron chi connectivity index (χ0n) is 12.7. The van der Waals surface area contributed by atoms with E-state index in [9.17, 15) is 4.79 Å². The van der Waals surface area contributed by atoms with Crippen LogP contribution in [0.3, 0.4) is 0 Å². The van der Waals surface area contributed by atoms with Crippen LogP contribution in [0.15, 0.2) is 0 Å². The van der Waals surface area contributed by atoms with Crippen LogP contribution in [0.25, 0.3) is 0 Å². The highest BCUT2D eigenvalue weighted by molar-refractivity contribution is 5.83. The van der Waals surface area contributed by atoms with E-state index in [1.165, 1.54) is 44.9 Å². The van der Waals surface area contributed by atoms with Gasteiger partial charge in [0.05, 0.1) is 6.04 Å². The molecular weight excluding hydrogens is 236 g/mol. The number of likely N-dealkylation sites (tertiary alicyclic amines) is 1. The quantitative estimate of drug-likeness (QED) is 0.685. The van der Waals surface area contributed by atoms with Crippen LogP contribution in [0.4, 0.5) is 0 Å². The summed E-state index contributed by atoms with van der Waals surface area (Å²) in [5.74, 6) is 0.362. The third-order valence-corrected chi connectivity index (χ3v) is 4.49. The van der Waals surface area contributed by atoms with Crippen molar-refractivity contribution in [2.24, 2.45) is 0 Å². The minimum atomic E-state index is 0.111. The first kappa shape index (κ1) is 14.8. The summed E-state index contributed by atoms with van der Waals surface area (Å²) in [6.45, 7) is 5.44. The summed E-state index contributed by atoms with van der Waals surface area (Å²) in [5, 5.41) is 3.51. The molecule has 1 heterocycles. The highest BCUT2D eigenvalue weighted by Gasteiger charge is 2.34. The molecule has 110 valence electrons. The van der Waals surface area contributed by atoms with Gasteiger partial charge in [0.1, 0.15) is 0 Å². The summed E-state index contributed by atoms with van der Waals surface area (Å²) < 4.78 is 0. The van der Waals surface area contributed by atoms with Gasteiger partial charge in [-0.15, -0.1) is 0 Å². The van der Waals surface area contributed by atoms with E-state index >= 15 is 0 Å². The van der Waals surface area contributed by atoms with Crippen LogP contribution in [-0.2, 0) is 4.79 Å². The molecule has 1 amide bonds. The minimum absolute atomic E-state index is 0.111. The Balaban J connectivity index is 1.75. The van der Waals surface area contributed by atoms with Crippen LogP contribution >= 0.6 is 0 Å². The number of unbranched alkanes of at least 4 members (excludes halogenated alkanes) is 3. The lowest BCUT2D eigenvalue weighted by atomic mass is 10.00. The fraction of sp³-hybridized carbons (Fsp3) is 0.938. The third kappa shape index (κ3) is 4.48. The maximum absolute atomic E-state index is 12.5. The Hall–Kier alpha value is -0.570. The summed E-state index contributed by atoms with van der Waals surface area (Å²) in [6.07, 6.45) is 11.1. The van der Waals surface area contributed by atoms with Crippen molar-refractivity contribution in [1.82, 2.24) is 10.2 Å². The zero-order valence-corrected chi connectivity index (χ0v) is 12.7. The van der Waals surface area contributed by atoms with Crippen molar-refractivity contribution in [3.63, 3.8) is 0 Å². The van der Waals surface area contributed by atoms with Gasteiger partial charge in [-0.25, -0.2) is 0 Å². The molecule has 0 aromatic heterocycles. The van der Waals surface area contributed by atoms with E-state index < -0.39 is 0 Å². The highest BCUT2D eigenvalue weighted by atomic mass is 16.2. The van der Waals surface area contributed by atoms with Gasteiger partial charge in [-0.3, -0.25) is 4.79 Å². The lowest BCUT2D eigenvalue weighted by Crippen LogP contribution is -2.54. The molecule has 0 spiro atoms. The number of nitrogens with zero attached hydrogens (tertiary/aromatic N) is 1. The van der Waals surface area contributed by atoms with Gasteiger partial charge in [0, 0.05) is 18.6 Å². The maximum atomic E-state index is 12.5. The van der Waals surface area contributed by atoms with Crippen molar-refractivity contribution in [3.8, 4) is 0 Å². The van der Waals surface area contributed by atoms with Gasteiger partial charge in [0.15, 0.2) is 0 Å². The molecule has 2 fully saturated rings. The predicted molar refractivity (Wildman–Crippen MR) is 79.1 cm³/mol. The third-order valence-electron chi connectivity index (χ3n) is 4.49. The number of nitrogens with one attached hydrogen (secondary N) is 1. The summed E-state index contributed by atoms with van der Waals surface area (Å²) in [5.41, 5.74) is 0. The number of hydrogen-bond acceptors (Lipinski definition) is 2. The molecule has 3 heteroatoms. The van der Waals surface area contributed by atoms with Crippen LogP contribution in [0.5, 0.6) is 0 Å². The number of carbonyl (C=O) groups excluding carboxylic acids is 1. The van der Waals surface area contributed by atoms with Crippen LogP contribution in [0, 0.1) is 0 Å². The normalized spacial score (nSPS) is 25.7. The topological polar surface area (TPSA) is 32.3 Å². The van der Waals surface area contributed by atoms with E-state index in [0.717, 1.165) is 19.4 Å². The van der Waals surface area contributed by atoms with Gasteiger partial charge in [-0.2, -0.15) is 0 Å². The van der Waals surface area contributed by atoms with E-state index in [2.05, 4.69) is 24.1 Å². The molecule has 0 bridgehead atoms. The SMILES string of the molecule is CCCCCCC(C)N1CCCC(NC2CC2)C1=O. The molecule has 0 aromatic rings. The number of piperidine rings is 1. The molecule has 2 aliphatic rings. The van der Waals surface area contributed by atoms with E-state index in [-0.39, 0.29) is 6.04 Å². The maximum Gasteiger partial charge on any atom is 0.239 e. The van der Waals surface area contributed by atoms with Crippen LogP contribution in [-0.4, -0.2) is 35.5 Å². The average Bonchev–Trinajstić information content (AvgIpc) is 3.21. The number of carbonyl (C=O) groups is 1. The van der Waals surface area contributed by atoms with Gasteiger partial charge in [0.25, 0.3) is 0 Å². The molecule has 1 aliphatic carbocycles. The van der Waals surface area contributed by atoms with Crippen LogP contribution in [0.1, 0.15) is 71.6 Å². The lowest BCUT2D eigenvalue weighted by molar-refractivity contribution is -0.138. The number of amides is 1. The molecule has 2 unspecified atom stereocenters. The molecule has 19 heavy (non-hydrogen) atoms. The Kier molecular flexibility index (Phi) is 5.68. The first-order valence-corrected chi connectivity index (χ1v) is 8.29. The molecular formula is C16H30N2O. The molecule has 2 rings (SSSR count). The first-order chi connectivity index (χ1) is 9.22. The smallest absolute Gasteiger partial charge is 0.239 e. The molecule has 2 atom stereocenters. The van der Waals surface area contributed by atoms with E-state index in [0.29, 0.717) is 18.0 Å². The second kappa shape index (κ2) is 7.28. The Morgan fingerprint density at radius 3 is 2.74 bits per heavy atom. The standard InChI is InChI=1S/C16H30N2O/c1-3-4-5-6-8-13(2)18-12-7-9-15(16(18)19)17-14-10-11-14/h13-15,17H,3-12H2,1-2H3. The van der Waals surface area contributed by atoms with Gasteiger partial charge >= 0.3 is 0 Å². The number of hydrogen-bond donors (Lipinski definition) is 1. The second-order valence-electron chi connectivity index (χ2n) is 6.37. The molecule has 0 aromatic carbocycles. The Morgan fingerprint density at radius 1 is 1.26 bits per heavy atom. The summed E-state index contributed by atoms with van der Waals surface area (Å²) in [7, 11) is 0. The predicted octanol–water partition coefficient (Wildman–Crippen LogP) is 3.09. The Bertz CT molecular complexity index is 288. The first-order valence-electron chi connectivity index (χ1n) is 8.29. The fourth-order valence-corrected chi connectivity index (χ4v) is 3.05. The van der Waals surface area contributed by atoms with Crippen molar-refractivity contribution in [2.45, 2.75) is 89.8 Å². The van der Waals surface area contributed by atoms with Crippen LogP contribution < -0.4 is 5.32 Å². The van der Waals surface area contributed by atoms with E-state index in [1.807, 2.05) is 0 Å². The molecule has 0 radical (unpaired) electrons. The van der Waals surface area contributed by atoms with Crippen molar-refractivity contribution in [2.75, 3.05) is 6.54 Å². The van der Waals surface area contributed by atoms with Crippen molar-refractivity contribution in [1.29, 1.82) is 0 Å². The van der Waals surface area contributed by atoms with E-state index in [1.54, 1.807) is 0 Å². The summed E-state index contributed by atoms with van der Waals surface area (Å²) in [6, 6.07) is 1.17. The number of rotatable bonds is 8. The zero-order chi connectivity index (χ0) is 13.7. The monoisotopic (exact) mass is 266 g/mol. The van der Waals surface area contributed by atoms with Gasteiger partial charge in [-0.1, -0.05) is 32.6 Å². The van der Waals surface area contributed by atoms with Gasteiger partial charge < -0.3 is 10.2 Å². The van der Waals surface area contributed by atoms with Crippen molar-refractivity contribution < 1.29 is 4.79 Å². The highest BCUT2D eigenvalue weighted by Crippen LogP contribution is 2.24. The second-order valence-corrected chi connectivity index (χ2v) is 6.37. The Morgan fingerprint density at radius 2 is 2.05 bits per heavy atom. The van der Waals surface area contributed by atoms with Gasteiger partial charge in [-0.05, 0) is 39.0 Å². The van der Waals surface area contributed by atoms with Crippen molar-refractivity contribution >= 4 is 5.91 Å². The molecule has 1 N–H and O–H groups in total. The molecule has 1 saturated carbocycles. The summed E-state index contributed by atoms with van der Waals surface area (Å²) in [4.78, 5) is 14.6. The largest absolute Gasteiger partial charge is 0.339 e. The fourth-order valence-electron chi connectivity index (χ4n) is 3.05. The minimum Gasteiger partial charge on any atom is -0.339 e. The average molecular weight is 266 g/mol. The lowest BCUT2D eigenvalue weighted by Gasteiger charge is -2.37. The van der Waals surface area contributed by atoms with Crippen molar-refractivity contribution in [3.05, 3.63) is 0 Å². The van der Waals surface area contributed by atoms with E-state index in [4.69, 9.17) is 0 Å². The molecule has 3 nitrogen and oxygen atoms in total. The molecule has 1 saturated heterocycles. The summed E-state index contributed by atoms with van der Waals surface area (Å²) >= 11 is 0. The van der Waals surface area contributed by atoms with Gasteiger partial charge in [0.2, 0.25) is 5.91 Å². The Labute approximate surface area is 118 Å². The van der Waals surface area contributed by atoms with Crippen LogP contribution in [0.2, 0.25) is 0 Å². The molecule has 1 aliphatic heterocycles.